The van der Waals surface area contributed by atoms with Gasteiger partial charge in [-0.3, -0.25) is 14.5 Å². The second-order valence-electron chi connectivity index (χ2n) is 7.30. The smallest absolute Gasteiger partial charge is 0.325 e. The van der Waals surface area contributed by atoms with Crippen LogP contribution in [0.4, 0.5) is 4.79 Å². The molecule has 7 heteroatoms. The van der Waals surface area contributed by atoms with E-state index in [1.807, 2.05) is 23.2 Å². The van der Waals surface area contributed by atoms with Gasteiger partial charge in [0, 0.05) is 31.4 Å². The lowest BCUT2D eigenvalue weighted by molar-refractivity contribution is -0.134. The van der Waals surface area contributed by atoms with Crippen molar-refractivity contribution in [2.45, 2.75) is 56.5 Å². The molecule has 0 unspecified atom stereocenters. The minimum atomic E-state index is -0.694. The molecule has 25 heavy (non-hydrogen) atoms. The Morgan fingerprint density at radius 1 is 1.24 bits per heavy atom. The van der Waals surface area contributed by atoms with E-state index < -0.39 is 5.54 Å². The summed E-state index contributed by atoms with van der Waals surface area (Å²) in [6, 6.07) is 3.66. The molecule has 3 aliphatic rings. The molecule has 0 radical (unpaired) electrons. The number of nitrogens with one attached hydrogen (secondary N) is 2. The average molecular weight is 344 g/mol. The van der Waals surface area contributed by atoms with E-state index in [2.05, 4.69) is 10.3 Å². The zero-order chi connectivity index (χ0) is 17.4. The number of imide groups is 1. The number of hydrogen-bond donors (Lipinski definition) is 2. The van der Waals surface area contributed by atoms with Gasteiger partial charge < -0.3 is 15.2 Å². The highest BCUT2D eigenvalue weighted by atomic mass is 16.2. The van der Waals surface area contributed by atoms with E-state index in [1.54, 1.807) is 0 Å². The van der Waals surface area contributed by atoms with Crippen molar-refractivity contribution < 1.29 is 14.4 Å². The maximum atomic E-state index is 12.7. The first-order valence-electron chi connectivity index (χ1n) is 9.18. The summed E-state index contributed by atoms with van der Waals surface area (Å²) in [5.74, 6) is -0.143. The number of aromatic nitrogens is 1. The zero-order valence-corrected chi connectivity index (χ0v) is 14.3. The van der Waals surface area contributed by atoms with E-state index in [0.717, 1.165) is 37.9 Å². The predicted molar refractivity (Wildman–Crippen MR) is 90.5 cm³/mol. The van der Waals surface area contributed by atoms with Crippen molar-refractivity contribution in [3.05, 3.63) is 24.0 Å². The molecule has 1 spiro atoms. The Labute approximate surface area is 146 Å². The largest absolute Gasteiger partial charge is 0.363 e. The van der Waals surface area contributed by atoms with Crippen LogP contribution in [0.5, 0.6) is 0 Å². The second-order valence-corrected chi connectivity index (χ2v) is 7.30. The van der Waals surface area contributed by atoms with Crippen LogP contribution in [-0.2, 0) is 9.59 Å². The molecule has 1 aromatic heterocycles. The first-order chi connectivity index (χ1) is 12.1. The van der Waals surface area contributed by atoms with Crippen molar-refractivity contribution in [1.29, 1.82) is 0 Å². The topological polar surface area (TPSA) is 85.5 Å². The predicted octanol–water partition coefficient (Wildman–Crippen LogP) is 1.93. The third-order valence-electron chi connectivity index (χ3n) is 5.81. The molecule has 134 valence electrons. The van der Waals surface area contributed by atoms with Gasteiger partial charge in [-0.15, -0.1) is 0 Å². The Kier molecular flexibility index (Phi) is 4.01. The number of carbonyl (C=O) groups is 3. The van der Waals surface area contributed by atoms with Gasteiger partial charge in [-0.25, -0.2) is 4.79 Å². The van der Waals surface area contributed by atoms with Gasteiger partial charge in [0.1, 0.15) is 5.54 Å². The Morgan fingerprint density at radius 3 is 2.76 bits per heavy atom. The molecule has 1 saturated carbocycles. The summed E-state index contributed by atoms with van der Waals surface area (Å²) in [6.07, 6.45) is 7.32. The zero-order valence-electron chi connectivity index (χ0n) is 14.3. The number of urea groups is 1. The van der Waals surface area contributed by atoms with Crippen molar-refractivity contribution in [1.82, 2.24) is 20.1 Å². The molecule has 7 nitrogen and oxygen atoms in total. The number of hydrogen-bond acceptors (Lipinski definition) is 3. The van der Waals surface area contributed by atoms with Gasteiger partial charge in [0.25, 0.3) is 5.91 Å². The minimum Gasteiger partial charge on any atom is -0.363 e. The van der Waals surface area contributed by atoms with Crippen LogP contribution >= 0.6 is 0 Å². The number of H-pyrrole nitrogens is 1. The molecule has 2 aliphatic heterocycles. The summed E-state index contributed by atoms with van der Waals surface area (Å²) in [5.41, 5.74) is 0.353. The van der Waals surface area contributed by atoms with Gasteiger partial charge in [-0.2, -0.15) is 0 Å². The molecule has 4 rings (SSSR count). The second kappa shape index (κ2) is 6.20. The van der Waals surface area contributed by atoms with Gasteiger partial charge >= 0.3 is 6.03 Å². The molecule has 1 aliphatic carbocycles. The van der Waals surface area contributed by atoms with Gasteiger partial charge in [0.15, 0.2) is 0 Å². The molecular weight excluding hydrogens is 320 g/mol. The maximum Gasteiger partial charge on any atom is 0.325 e. The van der Waals surface area contributed by atoms with E-state index >= 15 is 0 Å². The van der Waals surface area contributed by atoms with Crippen LogP contribution < -0.4 is 5.32 Å². The van der Waals surface area contributed by atoms with Crippen LogP contribution in [0.15, 0.2) is 18.3 Å². The normalized spacial score (nSPS) is 25.2. The lowest BCUT2D eigenvalue weighted by atomic mass is 9.98. The lowest BCUT2D eigenvalue weighted by Gasteiger charge is -2.25. The van der Waals surface area contributed by atoms with Crippen LogP contribution in [0.2, 0.25) is 0 Å². The van der Waals surface area contributed by atoms with Crippen molar-refractivity contribution in [3.63, 3.8) is 0 Å². The van der Waals surface area contributed by atoms with Crippen LogP contribution in [0.1, 0.15) is 56.7 Å². The monoisotopic (exact) mass is 344 g/mol. The Morgan fingerprint density at radius 2 is 2.04 bits per heavy atom. The van der Waals surface area contributed by atoms with E-state index in [-0.39, 0.29) is 36.9 Å². The fourth-order valence-corrected chi connectivity index (χ4v) is 4.49. The third kappa shape index (κ3) is 2.71. The van der Waals surface area contributed by atoms with Gasteiger partial charge in [-0.05, 0) is 37.8 Å². The maximum absolute atomic E-state index is 12.7. The van der Waals surface area contributed by atoms with Gasteiger partial charge in [0.05, 0.1) is 6.04 Å². The molecule has 2 saturated heterocycles. The average Bonchev–Trinajstić information content (AvgIpc) is 3.36. The number of aromatic amines is 1. The lowest BCUT2D eigenvalue weighted by Crippen LogP contribution is -2.44. The van der Waals surface area contributed by atoms with E-state index in [4.69, 9.17) is 0 Å². The van der Waals surface area contributed by atoms with Crippen molar-refractivity contribution in [2.24, 2.45) is 0 Å². The molecule has 1 aromatic rings. The van der Waals surface area contributed by atoms with Gasteiger partial charge in [-0.1, -0.05) is 12.8 Å². The number of rotatable bonds is 4. The van der Waals surface area contributed by atoms with E-state index in [9.17, 15) is 14.4 Å². The Hall–Kier alpha value is -2.31. The van der Waals surface area contributed by atoms with Crippen molar-refractivity contribution in [2.75, 3.05) is 13.1 Å². The first kappa shape index (κ1) is 16.2. The molecule has 3 fully saturated rings. The number of carbonyl (C=O) groups excluding carboxylic acids is 3. The van der Waals surface area contributed by atoms with Gasteiger partial charge in [0.2, 0.25) is 5.91 Å². The number of nitrogens with zero attached hydrogens (tertiary/aromatic N) is 2. The standard InChI is InChI=1S/C18H24N4O3/c23-15(21-11-4-6-14(21)13-5-3-10-19-13)7-12-22-16(24)18(20-17(22)25)8-1-2-9-18/h3,5,10,14,19H,1-2,4,6-9,11-12H2,(H,20,25)/t14-/m1/s1. The molecule has 3 heterocycles. The fourth-order valence-electron chi connectivity index (χ4n) is 4.49. The molecule has 1 atom stereocenters. The first-order valence-corrected chi connectivity index (χ1v) is 9.18. The molecular formula is C18H24N4O3. The summed E-state index contributed by atoms with van der Waals surface area (Å²) >= 11 is 0. The van der Waals surface area contributed by atoms with Crippen molar-refractivity contribution >= 4 is 17.8 Å². The summed E-state index contributed by atoms with van der Waals surface area (Å²) in [5, 5.41) is 2.86. The minimum absolute atomic E-state index is 0.00470. The van der Waals surface area contributed by atoms with Crippen LogP contribution in [0, 0.1) is 0 Å². The van der Waals surface area contributed by atoms with Crippen molar-refractivity contribution in [3.8, 4) is 0 Å². The summed E-state index contributed by atoms with van der Waals surface area (Å²) in [4.78, 5) is 43.8. The third-order valence-corrected chi connectivity index (χ3v) is 5.81. The summed E-state index contributed by atoms with van der Waals surface area (Å²) in [7, 11) is 0. The van der Waals surface area contributed by atoms with E-state index in [0.29, 0.717) is 12.8 Å². The highest BCUT2D eigenvalue weighted by molar-refractivity contribution is 6.07. The summed E-state index contributed by atoms with van der Waals surface area (Å²) < 4.78 is 0. The highest BCUT2D eigenvalue weighted by Crippen LogP contribution is 2.35. The Balaban J connectivity index is 1.39. The molecule has 0 aromatic carbocycles. The summed E-state index contributed by atoms with van der Waals surface area (Å²) in [6.45, 7) is 0.895. The van der Waals surface area contributed by atoms with Crippen LogP contribution in [0.25, 0.3) is 0 Å². The van der Waals surface area contributed by atoms with Crippen LogP contribution in [-0.4, -0.2) is 51.3 Å². The quantitative estimate of drug-likeness (QED) is 0.819. The molecule has 4 amide bonds. The number of likely N-dealkylation sites (tertiary alicyclic amines) is 1. The van der Waals surface area contributed by atoms with Crippen LogP contribution in [0.3, 0.4) is 0 Å². The molecule has 0 bridgehead atoms. The number of amides is 4. The molecule has 2 N–H and O–H groups in total. The Bertz CT molecular complexity index is 679. The fraction of sp³-hybridized carbons (Fsp3) is 0.611. The van der Waals surface area contributed by atoms with E-state index in [1.165, 1.54) is 4.90 Å². The SMILES string of the molecule is O=C1NC2(CCCC2)C(=O)N1CCC(=O)N1CCC[C@@H]1c1ccc[nH]1. The highest BCUT2D eigenvalue weighted by Gasteiger charge is 2.52.